The molecule has 202 valence electrons. The van der Waals surface area contributed by atoms with Gasteiger partial charge in [-0.3, -0.25) is 0 Å². The Balaban J connectivity index is 0. The Morgan fingerprint density at radius 3 is 0.917 bits per heavy atom. The van der Waals surface area contributed by atoms with Gasteiger partial charge in [0, 0.05) is 67.8 Å². The normalized spacial score (nSPS) is 9.83. The minimum atomic E-state index is -1.10. The molecule has 36 heavy (non-hydrogen) atoms. The maximum atomic E-state index is 13.8. The van der Waals surface area contributed by atoms with E-state index >= 15 is 0 Å². The van der Waals surface area contributed by atoms with Crippen LogP contribution in [0.1, 0.15) is 95.8 Å². The zero-order valence-electron chi connectivity index (χ0n) is 21.6. The van der Waals surface area contributed by atoms with E-state index in [0.717, 1.165) is 0 Å². The molecule has 8 heteroatoms. The first-order valence-electron chi connectivity index (χ1n) is 12.2. The highest BCUT2D eigenvalue weighted by Crippen LogP contribution is 2.24. The molecule has 0 fully saturated rings. The van der Waals surface area contributed by atoms with Gasteiger partial charge < -0.3 is 21.5 Å². The van der Waals surface area contributed by atoms with Crippen LogP contribution in [0.15, 0.2) is 0 Å². The Kier molecular flexibility index (Phi) is 24.8. The Morgan fingerprint density at radius 2 is 0.750 bits per heavy atom. The Morgan fingerprint density at radius 1 is 0.528 bits per heavy atom. The van der Waals surface area contributed by atoms with E-state index in [1.165, 1.54) is 82.0 Å². The summed E-state index contributed by atoms with van der Waals surface area (Å²) in [4.78, 5) is 0. The van der Waals surface area contributed by atoms with E-state index in [1.807, 2.05) is 0 Å². The number of hydrogen-bond acceptors (Lipinski definition) is 0. The van der Waals surface area contributed by atoms with Gasteiger partial charge in [-0.2, -0.15) is 0 Å². The number of benzene rings is 1. The lowest BCUT2D eigenvalue weighted by atomic mass is 10.0. The van der Waals surface area contributed by atoms with Crippen molar-refractivity contribution in [1.82, 2.24) is 0 Å². The van der Waals surface area contributed by atoms with Crippen LogP contribution >= 0.6 is 67.8 Å². The van der Waals surface area contributed by atoms with Gasteiger partial charge in [-0.15, -0.1) is 0 Å². The number of rotatable bonds is 12. The standard InChI is InChI=1S/C16H36N.C12F3I3.BrH/c1-5-9-13-17(14-10-6-2,15-11-7-3)16-12-8-4;13-10-7(1-4-16)11(14)9(3-6-18)12(15)8(10)2-5-17;/h5-16H2,1-4H3;;1H/q+1;;/p-1. The van der Waals surface area contributed by atoms with Gasteiger partial charge in [-0.05, 0) is 55.2 Å². The van der Waals surface area contributed by atoms with E-state index in [-0.39, 0.29) is 17.0 Å². The summed E-state index contributed by atoms with van der Waals surface area (Å²) in [6.45, 7) is 15.0. The molecule has 0 saturated heterocycles. The van der Waals surface area contributed by atoms with Crippen LogP contribution in [0.4, 0.5) is 13.2 Å². The summed E-state index contributed by atoms with van der Waals surface area (Å²) in [5, 5.41) is 0. The van der Waals surface area contributed by atoms with Crippen molar-refractivity contribution in [3.8, 4) is 29.5 Å². The van der Waals surface area contributed by atoms with Crippen LogP contribution in [0.3, 0.4) is 0 Å². The van der Waals surface area contributed by atoms with Crippen LogP contribution < -0.4 is 17.0 Å². The molecular weight excluding hydrogens is 868 g/mol. The van der Waals surface area contributed by atoms with Crippen molar-refractivity contribution in [3.63, 3.8) is 0 Å². The van der Waals surface area contributed by atoms with Gasteiger partial charge in [0.1, 0.15) is 0 Å². The second kappa shape index (κ2) is 23.2. The van der Waals surface area contributed by atoms with Gasteiger partial charge in [-0.1, -0.05) is 53.4 Å². The van der Waals surface area contributed by atoms with E-state index in [0.29, 0.717) is 0 Å². The quantitative estimate of drug-likeness (QED) is 0.131. The van der Waals surface area contributed by atoms with Crippen molar-refractivity contribution in [2.24, 2.45) is 0 Å². The third-order valence-corrected chi connectivity index (χ3v) is 6.59. The summed E-state index contributed by atoms with van der Waals surface area (Å²) in [6, 6.07) is 0. The summed E-state index contributed by atoms with van der Waals surface area (Å²) in [7, 11) is 0. The van der Waals surface area contributed by atoms with Crippen LogP contribution in [0.5, 0.6) is 0 Å². The lowest BCUT2D eigenvalue weighted by Gasteiger charge is -2.39. The molecule has 0 amide bonds. The fraction of sp³-hybridized carbons (Fsp3) is 0.571. The van der Waals surface area contributed by atoms with Crippen LogP contribution in [0.2, 0.25) is 0 Å². The SMILES string of the molecule is CCCC[N+](CCCC)(CCCC)CCCC.Fc1c(C#CI)c(F)c(C#CI)c(F)c1C#CI.[Br-]. The largest absolute Gasteiger partial charge is 1.00 e. The summed E-state index contributed by atoms with van der Waals surface area (Å²) < 4.78 is 50.0. The number of nitrogens with zero attached hydrogens (tertiary/aromatic N) is 1. The molecule has 1 nitrogen and oxygen atoms in total. The highest BCUT2D eigenvalue weighted by atomic mass is 127. The molecular formula is C28H36BrF3I3N. The van der Waals surface area contributed by atoms with Crippen molar-refractivity contribution in [2.75, 3.05) is 26.2 Å². The molecule has 0 unspecified atom stereocenters. The van der Waals surface area contributed by atoms with Crippen LogP contribution in [0.25, 0.3) is 0 Å². The molecule has 0 atom stereocenters. The predicted octanol–water partition coefficient (Wildman–Crippen LogP) is 6.34. The van der Waals surface area contributed by atoms with E-state index < -0.39 is 34.1 Å². The second-order valence-corrected chi connectivity index (χ2v) is 9.99. The lowest BCUT2D eigenvalue weighted by Crippen LogP contribution is -3.00. The highest BCUT2D eigenvalue weighted by Gasteiger charge is 2.25. The molecule has 0 saturated carbocycles. The molecule has 0 bridgehead atoms. The van der Waals surface area contributed by atoms with Gasteiger partial charge in [-0.25, -0.2) is 13.2 Å². The molecule has 0 spiro atoms. The van der Waals surface area contributed by atoms with E-state index in [4.69, 9.17) is 0 Å². The van der Waals surface area contributed by atoms with Gasteiger partial charge in [0.2, 0.25) is 0 Å². The Hall–Kier alpha value is 0.320. The molecule has 1 rings (SSSR count). The van der Waals surface area contributed by atoms with Crippen molar-refractivity contribution < 1.29 is 34.6 Å². The summed E-state index contributed by atoms with van der Waals surface area (Å²) in [6.07, 6.45) is 11.1. The van der Waals surface area contributed by atoms with Gasteiger partial charge >= 0.3 is 0 Å². The Labute approximate surface area is 268 Å². The van der Waals surface area contributed by atoms with E-state index in [9.17, 15) is 13.2 Å². The molecule has 0 aliphatic rings. The van der Waals surface area contributed by atoms with Crippen LogP contribution in [-0.4, -0.2) is 30.7 Å². The third kappa shape index (κ3) is 13.4. The first-order chi connectivity index (χ1) is 16.8. The lowest BCUT2D eigenvalue weighted by molar-refractivity contribution is -0.929. The monoisotopic (exact) mass is 903 g/mol. The van der Waals surface area contributed by atoms with Crippen molar-refractivity contribution >= 4 is 67.8 Å². The number of unbranched alkanes of at least 4 members (excludes halogenated alkanes) is 4. The minimum Gasteiger partial charge on any atom is -1.00 e. The van der Waals surface area contributed by atoms with Crippen molar-refractivity contribution in [1.29, 1.82) is 0 Å². The van der Waals surface area contributed by atoms with Gasteiger partial charge in [0.15, 0.2) is 17.5 Å². The van der Waals surface area contributed by atoms with Gasteiger partial charge in [0.25, 0.3) is 0 Å². The molecule has 0 heterocycles. The van der Waals surface area contributed by atoms with Crippen LogP contribution in [-0.2, 0) is 0 Å². The molecule has 0 aliphatic heterocycles. The third-order valence-electron chi connectivity index (χ3n) is 5.78. The smallest absolute Gasteiger partial charge is 0.160 e. The average Bonchev–Trinajstić information content (AvgIpc) is 2.86. The molecule has 1 aromatic carbocycles. The average molecular weight is 904 g/mol. The molecule has 0 aromatic heterocycles. The van der Waals surface area contributed by atoms with E-state index in [1.54, 1.807) is 67.8 Å². The Bertz CT molecular complexity index is 812. The van der Waals surface area contributed by atoms with E-state index in [2.05, 4.69) is 57.2 Å². The predicted molar refractivity (Wildman–Crippen MR) is 168 cm³/mol. The minimum absolute atomic E-state index is 0. The van der Waals surface area contributed by atoms with Gasteiger partial charge in [0.05, 0.1) is 42.9 Å². The zero-order valence-corrected chi connectivity index (χ0v) is 29.6. The number of hydrogen-bond donors (Lipinski definition) is 0. The van der Waals surface area contributed by atoms with Crippen molar-refractivity contribution in [3.05, 3.63) is 34.1 Å². The fourth-order valence-corrected chi connectivity index (χ4v) is 4.59. The maximum absolute atomic E-state index is 13.8. The summed E-state index contributed by atoms with van der Waals surface area (Å²) >= 11 is 4.91. The maximum Gasteiger partial charge on any atom is 0.160 e. The molecule has 0 N–H and O–H groups in total. The first kappa shape index (κ1) is 38.5. The first-order valence-corrected chi connectivity index (χ1v) is 15.5. The highest BCUT2D eigenvalue weighted by molar-refractivity contribution is 14.1. The fourth-order valence-electron chi connectivity index (χ4n) is 3.78. The molecule has 0 aliphatic carbocycles. The topological polar surface area (TPSA) is 0 Å². The summed E-state index contributed by atoms with van der Waals surface area (Å²) in [5.74, 6) is 3.45. The number of quaternary nitrogens is 1. The van der Waals surface area contributed by atoms with Crippen LogP contribution in [0, 0.1) is 47.0 Å². The zero-order chi connectivity index (χ0) is 26.7. The molecule has 1 aromatic rings. The van der Waals surface area contributed by atoms with Crippen molar-refractivity contribution in [2.45, 2.75) is 79.1 Å². The number of halogens is 7. The molecule has 0 radical (unpaired) electrons. The second-order valence-electron chi connectivity index (χ2n) is 8.38. The summed E-state index contributed by atoms with van der Waals surface area (Å²) in [5.41, 5.74) is -1.56.